The van der Waals surface area contributed by atoms with Crippen LogP contribution >= 0.6 is 0 Å². The number of cyclic esters (lactones) is 1. The fourth-order valence-electron chi connectivity index (χ4n) is 4.61. The van der Waals surface area contributed by atoms with E-state index in [9.17, 15) is 14.4 Å². The number of amides is 3. The molecule has 10 heteroatoms. The normalized spacial score (nSPS) is 19.7. The van der Waals surface area contributed by atoms with E-state index in [-0.39, 0.29) is 24.1 Å². The van der Waals surface area contributed by atoms with Crippen molar-refractivity contribution in [1.82, 2.24) is 15.1 Å². The van der Waals surface area contributed by atoms with Crippen LogP contribution in [0.2, 0.25) is 0 Å². The summed E-state index contributed by atoms with van der Waals surface area (Å²) >= 11 is 0. The summed E-state index contributed by atoms with van der Waals surface area (Å²) in [5, 5.41) is 5.76. The van der Waals surface area contributed by atoms with Crippen LogP contribution < -0.4 is 10.6 Å². The van der Waals surface area contributed by atoms with Gasteiger partial charge in [-0.25, -0.2) is 4.79 Å². The monoisotopic (exact) mass is 518 g/mol. The molecular formula is C28H30N4O6. The van der Waals surface area contributed by atoms with Crippen LogP contribution in [0.3, 0.4) is 0 Å². The lowest BCUT2D eigenvalue weighted by Crippen LogP contribution is -2.48. The Labute approximate surface area is 220 Å². The highest BCUT2D eigenvalue weighted by atomic mass is 16.6. The predicted molar refractivity (Wildman–Crippen MR) is 138 cm³/mol. The molecule has 3 amide bonds. The van der Waals surface area contributed by atoms with Crippen LogP contribution in [0.25, 0.3) is 0 Å². The molecule has 3 aromatic rings. The fraction of sp³-hybridized carbons (Fsp3) is 0.321. The molecule has 38 heavy (non-hydrogen) atoms. The van der Waals surface area contributed by atoms with E-state index in [0.29, 0.717) is 37.6 Å². The topological polar surface area (TPSA) is 113 Å². The number of carbonyl (C=O) groups is 3. The van der Waals surface area contributed by atoms with Crippen molar-refractivity contribution in [3.8, 4) is 0 Å². The Bertz CT molecular complexity index is 1230. The Kier molecular flexibility index (Phi) is 8.01. The highest BCUT2D eigenvalue weighted by Crippen LogP contribution is 2.34. The molecular weight excluding hydrogens is 488 g/mol. The summed E-state index contributed by atoms with van der Waals surface area (Å²) in [4.78, 5) is 42.4. The number of rotatable bonds is 9. The number of morpholine rings is 1. The summed E-state index contributed by atoms with van der Waals surface area (Å²) in [5.41, 5.74) is 2.09. The molecule has 0 radical (unpaired) electrons. The van der Waals surface area contributed by atoms with Crippen molar-refractivity contribution in [2.75, 3.05) is 44.7 Å². The lowest BCUT2D eigenvalue weighted by molar-refractivity contribution is -0.126. The summed E-state index contributed by atoms with van der Waals surface area (Å²) in [5.74, 6) is -0.453. The molecule has 0 bridgehead atoms. The lowest BCUT2D eigenvalue weighted by atomic mass is 10.00. The van der Waals surface area contributed by atoms with Crippen molar-refractivity contribution in [2.24, 2.45) is 0 Å². The largest absolute Gasteiger partial charge is 0.459 e. The number of hydrogen-bond donors (Lipinski definition) is 2. The minimum Gasteiger partial charge on any atom is -0.459 e. The van der Waals surface area contributed by atoms with Gasteiger partial charge in [0.05, 0.1) is 26.0 Å². The van der Waals surface area contributed by atoms with Crippen molar-refractivity contribution in [2.45, 2.75) is 18.7 Å². The highest BCUT2D eigenvalue weighted by molar-refractivity contribution is 6.02. The van der Waals surface area contributed by atoms with Gasteiger partial charge in [0.15, 0.2) is 17.9 Å². The maximum absolute atomic E-state index is 13.5. The first-order chi connectivity index (χ1) is 18.6. The standard InChI is InChI=1S/C28H30N4O6/c33-26(23-7-4-16-37-23)30-22-10-8-21(9-11-22)25-24(27(34)29-12-13-31-14-17-36-18-15-31)32(28(35)38-25)19-20-5-2-1-3-6-20/h1-11,16,24-25H,12-15,17-19H2,(H,29,34)(H,30,33)/t24-,25-/m0/s1. The first kappa shape index (κ1) is 25.5. The van der Waals surface area contributed by atoms with Crippen LogP contribution in [-0.4, -0.2) is 73.1 Å². The number of benzene rings is 2. The van der Waals surface area contributed by atoms with E-state index in [1.807, 2.05) is 30.3 Å². The number of nitrogens with one attached hydrogen (secondary N) is 2. The molecule has 2 atom stereocenters. The predicted octanol–water partition coefficient (Wildman–Crippen LogP) is 3.04. The van der Waals surface area contributed by atoms with Gasteiger partial charge in [-0.2, -0.15) is 0 Å². The number of carbonyl (C=O) groups excluding carboxylic acids is 3. The second kappa shape index (κ2) is 11.9. The van der Waals surface area contributed by atoms with Crippen LogP contribution in [0, 0.1) is 0 Å². The van der Waals surface area contributed by atoms with Crippen LogP contribution in [0.1, 0.15) is 27.8 Å². The zero-order valence-corrected chi connectivity index (χ0v) is 20.9. The number of furan rings is 1. The first-order valence-electron chi connectivity index (χ1n) is 12.6. The van der Waals surface area contributed by atoms with E-state index in [2.05, 4.69) is 15.5 Å². The Morgan fingerprint density at radius 3 is 2.42 bits per heavy atom. The van der Waals surface area contributed by atoms with E-state index >= 15 is 0 Å². The van der Waals surface area contributed by atoms with Crippen molar-refractivity contribution >= 4 is 23.6 Å². The molecule has 0 unspecified atom stereocenters. The Hall–Kier alpha value is -4.15. The highest BCUT2D eigenvalue weighted by Gasteiger charge is 2.46. The van der Waals surface area contributed by atoms with Gasteiger partial charge < -0.3 is 24.5 Å². The zero-order chi connectivity index (χ0) is 26.3. The summed E-state index contributed by atoms with van der Waals surface area (Å²) < 4.78 is 16.3. The number of nitrogens with zero attached hydrogens (tertiary/aromatic N) is 2. The van der Waals surface area contributed by atoms with Crippen LogP contribution in [-0.2, 0) is 20.8 Å². The van der Waals surface area contributed by atoms with Crippen molar-refractivity contribution in [3.05, 3.63) is 89.9 Å². The maximum Gasteiger partial charge on any atom is 0.411 e. The van der Waals surface area contributed by atoms with Gasteiger partial charge in [0.1, 0.15) is 0 Å². The molecule has 2 N–H and O–H groups in total. The average Bonchev–Trinajstić information content (AvgIpc) is 3.59. The third kappa shape index (κ3) is 6.04. The Balaban J connectivity index is 1.30. The van der Waals surface area contributed by atoms with Gasteiger partial charge in [0.2, 0.25) is 5.91 Å². The third-order valence-electron chi connectivity index (χ3n) is 6.62. The van der Waals surface area contributed by atoms with E-state index in [1.54, 1.807) is 36.4 Å². The quantitative estimate of drug-likeness (QED) is 0.448. The molecule has 2 fully saturated rings. The molecule has 2 aliphatic rings. The number of ether oxygens (including phenoxy) is 2. The third-order valence-corrected chi connectivity index (χ3v) is 6.62. The second-order valence-corrected chi connectivity index (χ2v) is 9.16. The molecule has 0 spiro atoms. The molecule has 5 rings (SSSR count). The molecule has 3 heterocycles. The van der Waals surface area contributed by atoms with Crippen molar-refractivity contribution in [1.29, 1.82) is 0 Å². The number of hydrogen-bond acceptors (Lipinski definition) is 7. The summed E-state index contributed by atoms with van der Waals surface area (Å²) in [6, 6.07) is 18.8. The Morgan fingerprint density at radius 1 is 0.947 bits per heavy atom. The molecule has 0 saturated carbocycles. The maximum atomic E-state index is 13.5. The van der Waals surface area contributed by atoms with E-state index in [1.165, 1.54) is 11.2 Å². The van der Waals surface area contributed by atoms with Crippen molar-refractivity contribution in [3.63, 3.8) is 0 Å². The Morgan fingerprint density at radius 2 is 1.71 bits per heavy atom. The first-order valence-corrected chi connectivity index (χ1v) is 12.6. The summed E-state index contributed by atoms with van der Waals surface area (Å²) in [7, 11) is 0. The smallest absolute Gasteiger partial charge is 0.411 e. The minimum atomic E-state index is -0.851. The molecule has 198 valence electrons. The molecule has 0 aliphatic carbocycles. The van der Waals surface area contributed by atoms with Crippen LogP contribution in [0.5, 0.6) is 0 Å². The van der Waals surface area contributed by atoms with Gasteiger partial charge >= 0.3 is 6.09 Å². The van der Waals surface area contributed by atoms with Crippen molar-refractivity contribution < 1.29 is 28.3 Å². The molecule has 2 saturated heterocycles. The minimum absolute atomic E-state index is 0.198. The fourth-order valence-corrected chi connectivity index (χ4v) is 4.61. The van der Waals surface area contributed by atoms with Gasteiger partial charge in [-0.05, 0) is 35.4 Å². The molecule has 10 nitrogen and oxygen atoms in total. The second-order valence-electron chi connectivity index (χ2n) is 9.16. The van der Waals surface area contributed by atoms with Gasteiger partial charge in [-0.15, -0.1) is 0 Å². The van der Waals surface area contributed by atoms with Gasteiger partial charge in [-0.1, -0.05) is 42.5 Å². The number of anilines is 1. The molecule has 1 aromatic heterocycles. The van der Waals surface area contributed by atoms with Crippen LogP contribution in [0.15, 0.2) is 77.4 Å². The lowest BCUT2D eigenvalue weighted by Gasteiger charge is -2.28. The average molecular weight is 519 g/mol. The van der Waals surface area contributed by atoms with Gasteiger partial charge in [0.25, 0.3) is 5.91 Å². The van der Waals surface area contributed by atoms with E-state index < -0.39 is 18.2 Å². The van der Waals surface area contributed by atoms with Gasteiger partial charge in [0, 0.05) is 31.9 Å². The van der Waals surface area contributed by atoms with Crippen LogP contribution in [0.4, 0.5) is 10.5 Å². The zero-order valence-electron chi connectivity index (χ0n) is 20.9. The van der Waals surface area contributed by atoms with E-state index in [0.717, 1.165) is 18.7 Å². The summed E-state index contributed by atoms with van der Waals surface area (Å²) in [6.07, 6.45) is 0.0755. The SMILES string of the molecule is O=C(Nc1ccc([C@@H]2OC(=O)N(Cc3ccccc3)[C@@H]2C(=O)NCCN2CCOCC2)cc1)c1ccco1. The van der Waals surface area contributed by atoms with E-state index in [4.69, 9.17) is 13.9 Å². The molecule has 2 aliphatic heterocycles. The molecule has 2 aromatic carbocycles. The van der Waals surface area contributed by atoms with Gasteiger partial charge in [-0.3, -0.25) is 19.4 Å². The summed E-state index contributed by atoms with van der Waals surface area (Å²) in [6.45, 7) is 4.42.